The van der Waals surface area contributed by atoms with Gasteiger partial charge in [-0.2, -0.15) is 0 Å². The van der Waals surface area contributed by atoms with Crippen molar-refractivity contribution in [2.45, 2.75) is 33.7 Å². The average molecular weight is 344 g/mol. The minimum atomic E-state index is -0.326. The molecule has 1 unspecified atom stereocenters. The standard InChI is InChI=1S/C19H24N2O4/c1-12-6-5-7-16(8-12)24-11-13(2)21-18(22)10-20-19(23)17-9-14(3)25-15(17)4/h5-9,13H,10-11H2,1-4H3,(H,20,23)(H,21,22). The Morgan fingerprint density at radius 1 is 1.20 bits per heavy atom. The minimum absolute atomic E-state index is 0.0999. The van der Waals surface area contributed by atoms with E-state index in [1.54, 1.807) is 19.9 Å². The van der Waals surface area contributed by atoms with Gasteiger partial charge in [0.1, 0.15) is 23.9 Å². The van der Waals surface area contributed by atoms with Gasteiger partial charge in [0.05, 0.1) is 18.2 Å². The number of ether oxygens (including phenoxy) is 1. The Kier molecular flexibility index (Phi) is 6.22. The second kappa shape index (κ2) is 8.37. The maximum atomic E-state index is 12.0. The van der Waals surface area contributed by atoms with Gasteiger partial charge in [-0.05, 0) is 51.5 Å². The van der Waals surface area contributed by atoms with E-state index in [0.717, 1.165) is 11.3 Å². The van der Waals surface area contributed by atoms with Crippen LogP contribution < -0.4 is 15.4 Å². The van der Waals surface area contributed by atoms with Gasteiger partial charge < -0.3 is 19.8 Å². The zero-order valence-electron chi connectivity index (χ0n) is 15.0. The van der Waals surface area contributed by atoms with Crippen LogP contribution in [0.3, 0.4) is 0 Å². The summed E-state index contributed by atoms with van der Waals surface area (Å²) in [4.78, 5) is 24.0. The summed E-state index contributed by atoms with van der Waals surface area (Å²) in [6, 6.07) is 9.19. The van der Waals surface area contributed by atoms with Crippen LogP contribution in [0.5, 0.6) is 5.75 Å². The first kappa shape index (κ1) is 18.6. The van der Waals surface area contributed by atoms with Gasteiger partial charge in [0.2, 0.25) is 5.91 Å². The summed E-state index contributed by atoms with van der Waals surface area (Å²) in [6.45, 7) is 7.57. The highest BCUT2D eigenvalue weighted by atomic mass is 16.5. The molecule has 0 spiro atoms. The zero-order valence-corrected chi connectivity index (χ0v) is 15.0. The number of carbonyl (C=O) groups excluding carboxylic acids is 2. The van der Waals surface area contributed by atoms with Gasteiger partial charge in [-0.25, -0.2) is 0 Å². The number of rotatable bonds is 7. The van der Waals surface area contributed by atoms with Gasteiger partial charge in [-0.3, -0.25) is 9.59 Å². The smallest absolute Gasteiger partial charge is 0.255 e. The van der Waals surface area contributed by atoms with Crippen molar-refractivity contribution in [1.29, 1.82) is 0 Å². The molecule has 2 amide bonds. The fourth-order valence-electron chi connectivity index (χ4n) is 2.41. The van der Waals surface area contributed by atoms with Crippen molar-refractivity contribution in [2.24, 2.45) is 0 Å². The molecule has 2 rings (SSSR count). The Hall–Kier alpha value is -2.76. The second-order valence-electron chi connectivity index (χ2n) is 6.11. The Morgan fingerprint density at radius 3 is 2.60 bits per heavy atom. The topological polar surface area (TPSA) is 80.6 Å². The van der Waals surface area contributed by atoms with Crippen LogP contribution in [-0.2, 0) is 4.79 Å². The zero-order chi connectivity index (χ0) is 18.4. The lowest BCUT2D eigenvalue weighted by molar-refractivity contribution is -0.120. The average Bonchev–Trinajstić information content (AvgIpc) is 2.89. The number of nitrogens with one attached hydrogen (secondary N) is 2. The highest BCUT2D eigenvalue weighted by Gasteiger charge is 2.15. The van der Waals surface area contributed by atoms with Gasteiger partial charge in [-0.1, -0.05) is 12.1 Å². The lowest BCUT2D eigenvalue weighted by Gasteiger charge is -2.15. The van der Waals surface area contributed by atoms with Gasteiger partial charge in [0.15, 0.2) is 0 Å². The molecule has 0 saturated carbocycles. The maximum absolute atomic E-state index is 12.0. The van der Waals surface area contributed by atoms with E-state index in [0.29, 0.717) is 23.7 Å². The fraction of sp³-hybridized carbons (Fsp3) is 0.368. The van der Waals surface area contributed by atoms with Gasteiger partial charge in [0.25, 0.3) is 5.91 Å². The molecule has 134 valence electrons. The highest BCUT2D eigenvalue weighted by molar-refractivity contribution is 5.97. The summed E-state index contributed by atoms with van der Waals surface area (Å²) in [5, 5.41) is 5.38. The summed E-state index contributed by atoms with van der Waals surface area (Å²) < 4.78 is 11.0. The van der Waals surface area contributed by atoms with Crippen LogP contribution in [0.4, 0.5) is 0 Å². The molecule has 1 aromatic carbocycles. The van der Waals surface area contributed by atoms with E-state index < -0.39 is 0 Å². The molecule has 0 fully saturated rings. The van der Waals surface area contributed by atoms with Crippen LogP contribution in [0.25, 0.3) is 0 Å². The first-order valence-corrected chi connectivity index (χ1v) is 8.19. The summed E-state index contributed by atoms with van der Waals surface area (Å²) in [6.07, 6.45) is 0. The van der Waals surface area contributed by atoms with Crippen LogP contribution in [0.15, 0.2) is 34.7 Å². The third-order valence-corrected chi connectivity index (χ3v) is 3.59. The number of amides is 2. The van der Waals surface area contributed by atoms with Crippen molar-refractivity contribution in [3.8, 4) is 5.75 Å². The van der Waals surface area contributed by atoms with Gasteiger partial charge in [0, 0.05) is 0 Å². The van der Waals surface area contributed by atoms with Crippen LogP contribution in [0.2, 0.25) is 0 Å². The number of aryl methyl sites for hydroxylation is 3. The van der Waals surface area contributed by atoms with Crippen LogP contribution >= 0.6 is 0 Å². The van der Waals surface area contributed by atoms with Crippen LogP contribution in [-0.4, -0.2) is 31.0 Å². The summed E-state index contributed by atoms with van der Waals surface area (Å²) in [7, 11) is 0. The van der Waals surface area contributed by atoms with Crippen LogP contribution in [0, 0.1) is 20.8 Å². The number of benzene rings is 1. The number of carbonyl (C=O) groups is 2. The van der Waals surface area contributed by atoms with E-state index in [9.17, 15) is 9.59 Å². The molecule has 1 aromatic heterocycles. The van der Waals surface area contributed by atoms with Crippen molar-refractivity contribution < 1.29 is 18.7 Å². The monoisotopic (exact) mass is 344 g/mol. The molecule has 25 heavy (non-hydrogen) atoms. The molecule has 6 heteroatoms. The van der Waals surface area contributed by atoms with E-state index in [1.807, 2.05) is 38.1 Å². The van der Waals surface area contributed by atoms with Crippen molar-refractivity contribution in [1.82, 2.24) is 10.6 Å². The largest absolute Gasteiger partial charge is 0.491 e. The molecule has 0 bridgehead atoms. The molecule has 6 nitrogen and oxygen atoms in total. The summed E-state index contributed by atoms with van der Waals surface area (Å²) in [5.41, 5.74) is 1.56. The molecule has 1 atom stereocenters. The van der Waals surface area contributed by atoms with E-state index in [2.05, 4.69) is 10.6 Å². The van der Waals surface area contributed by atoms with Gasteiger partial charge >= 0.3 is 0 Å². The molecule has 0 aliphatic rings. The lowest BCUT2D eigenvalue weighted by atomic mass is 10.2. The Labute approximate surface area is 147 Å². The second-order valence-corrected chi connectivity index (χ2v) is 6.11. The van der Waals surface area contributed by atoms with Crippen LogP contribution in [0.1, 0.15) is 34.4 Å². The normalized spacial score (nSPS) is 11.7. The Balaban J connectivity index is 1.74. The number of hydrogen-bond acceptors (Lipinski definition) is 4. The van der Waals surface area contributed by atoms with E-state index >= 15 is 0 Å². The maximum Gasteiger partial charge on any atom is 0.255 e. The van der Waals surface area contributed by atoms with Crippen molar-refractivity contribution in [3.05, 3.63) is 53.0 Å². The minimum Gasteiger partial charge on any atom is -0.491 e. The lowest BCUT2D eigenvalue weighted by Crippen LogP contribution is -2.43. The number of furan rings is 1. The molecule has 0 saturated heterocycles. The molecular weight excluding hydrogens is 320 g/mol. The molecule has 1 heterocycles. The summed E-state index contributed by atoms with van der Waals surface area (Å²) in [5.74, 6) is 1.37. The SMILES string of the molecule is Cc1cccc(OCC(C)NC(=O)CNC(=O)c2cc(C)oc2C)c1. The predicted octanol–water partition coefficient (Wildman–Crippen LogP) is 2.52. The first-order chi connectivity index (χ1) is 11.8. The van der Waals surface area contributed by atoms with Crippen molar-refractivity contribution in [3.63, 3.8) is 0 Å². The fourth-order valence-corrected chi connectivity index (χ4v) is 2.41. The highest BCUT2D eigenvalue weighted by Crippen LogP contribution is 2.13. The number of hydrogen-bond donors (Lipinski definition) is 2. The molecule has 0 aliphatic heterocycles. The summed E-state index contributed by atoms with van der Waals surface area (Å²) >= 11 is 0. The quantitative estimate of drug-likeness (QED) is 0.809. The predicted molar refractivity (Wildman–Crippen MR) is 94.8 cm³/mol. The molecule has 2 aromatic rings. The Bertz CT molecular complexity index is 752. The molecule has 2 N–H and O–H groups in total. The van der Waals surface area contributed by atoms with E-state index in [-0.39, 0.29) is 24.4 Å². The van der Waals surface area contributed by atoms with E-state index in [4.69, 9.17) is 9.15 Å². The molecular formula is C19H24N2O4. The molecule has 0 aliphatic carbocycles. The third-order valence-electron chi connectivity index (χ3n) is 3.59. The third kappa shape index (κ3) is 5.67. The molecule has 0 radical (unpaired) electrons. The Morgan fingerprint density at radius 2 is 1.96 bits per heavy atom. The van der Waals surface area contributed by atoms with Crippen molar-refractivity contribution in [2.75, 3.05) is 13.2 Å². The van der Waals surface area contributed by atoms with Crippen molar-refractivity contribution >= 4 is 11.8 Å². The first-order valence-electron chi connectivity index (χ1n) is 8.19. The van der Waals surface area contributed by atoms with E-state index in [1.165, 1.54) is 0 Å². The van der Waals surface area contributed by atoms with Gasteiger partial charge in [-0.15, -0.1) is 0 Å².